The molecule has 0 spiro atoms. The van der Waals surface area contributed by atoms with Gasteiger partial charge in [0.05, 0.1) is 23.0 Å². The van der Waals surface area contributed by atoms with Crippen molar-refractivity contribution >= 4 is 23.0 Å². The minimum absolute atomic E-state index is 0.0279. The van der Waals surface area contributed by atoms with E-state index < -0.39 is 0 Å². The number of hydrogen-bond donors (Lipinski definition) is 2. The van der Waals surface area contributed by atoms with E-state index in [0.717, 1.165) is 11.4 Å². The quantitative estimate of drug-likeness (QED) is 0.622. The highest BCUT2D eigenvalue weighted by Crippen LogP contribution is 2.27. The molecule has 0 atom stereocenters. The Hall–Kier alpha value is -3.27. The van der Waals surface area contributed by atoms with E-state index in [-0.39, 0.29) is 12.0 Å². The van der Waals surface area contributed by atoms with Crippen LogP contribution < -0.4 is 15.4 Å². The van der Waals surface area contributed by atoms with E-state index in [0.29, 0.717) is 17.0 Å². The lowest BCUT2D eigenvalue weighted by Crippen LogP contribution is -2.15. The van der Waals surface area contributed by atoms with Crippen LogP contribution in [0.2, 0.25) is 0 Å². The normalized spacial score (nSPS) is 10.4. The minimum atomic E-state index is -0.191. The summed E-state index contributed by atoms with van der Waals surface area (Å²) in [4.78, 5) is 12.9. The number of anilines is 3. The molecule has 0 bridgehead atoms. The molecule has 0 aliphatic heterocycles. The van der Waals surface area contributed by atoms with Crippen molar-refractivity contribution in [3.63, 3.8) is 0 Å². The molecular formula is C22H22N2O2. The Kier molecular flexibility index (Phi) is 5.54. The number of hydrogen-bond acceptors (Lipinski definition) is 3. The Balaban J connectivity index is 1.83. The van der Waals surface area contributed by atoms with Crippen molar-refractivity contribution < 1.29 is 9.53 Å². The van der Waals surface area contributed by atoms with E-state index in [1.165, 1.54) is 0 Å². The van der Waals surface area contributed by atoms with Gasteiger partial charge in [0.25, 0.3) is 5.91 Å². The molecule has 0 fully saturated rings. The summed E-state index contributed by atoms with van der Waals surface area (Å²) in [5.41, 5.74) is 2.89. The molecular weight excluding hydrogens is 324 g/mol. The summed E-state index contributed by atoms with van der Waals surface area (Å²) in [5.74, 6) is 0.466. The van der Waals surface area contributed by atoms with Gasteiger partial charge in [0.2, 0.25) is 0 Å². The van der Waals surface area contributed by atoms with E-state index >= 15 is 0 Å². The highest BCUT2D eigenvalue weighted by molar-refractivity contribution is 6.09. The molecule has 132 valence electrons. The second kappa shape index (κ2) is 8.21. The topological polar surface area (TPSA) is 50.4 Å². The average Bonchev–Trinajstić information content (AvgIpc) is 2.64. The Morgan fingerprint density at radius 2 is 1.42 bits per heavy atom. The molecule has 0 heterocycles. The van der Waals surface area contributed by atoms with Crippen molar-refractivity contribution in [2.75, 3.05) is 10.6 Å². The van der Waals surface area contributed by atoms with Gasteiger partial charge < -0.3 is 15.4 Å². The summed E-state index contributed by atoms with van der Waals surface area (Å²) in [6.45, 7) is 3.91. The van der Waals surface area contributed by atoms with E-state index in [4.69, 9.17) is 4.74 Å². The van der Waals surface area contributed by atoms with Gasteiger partial charge in [-0.05, 0) is 50.2 Å². The van der Waals surface area contributed by atoms with Crippen molar-refractivity contribution in [1.29, 1.82) is 0 Å². The fraction of sp³-hybridized carbons (Fsp3) is 0.136. The Labute approximate surface area is 153 Å². The number of benzene rings is 3. The highest BCUT2D eigenvalue weighted by atomic mass is 16.5. The van der Waals surface area contributed by atoms with Crippen LogP contribution in [-0.4, -0.2) is 12.0 Å². The number of amides is 1. The number of ether oxygens (including phenoxy) is 1. The molecule has 0 saturated carbocycles. The predicted octanol–water partition coefficient (Wildman–Crippen LogP) is 5.47. The molecule has 0 aromatic heterocycles. The van der Waals surface area contributed by atoms with Gasteiger partial charge in [-0.3, -0.25) is 4.79 Å². The standard InChI is InChI=1S/C22H22N2O2/c1-16(2)26-21-15-9-8-14-20(21)24-22(25)18-12-6-7-13-19(18)23-17-10-4-3-5-11-17/h3-16,23H,1-2H3,(H,24,25). The molecule has 0 aliphatic rings. The lowest BCUT2D eigenvalue weighted by molar-refractivity contribution is 0.102. The molecule has 26 heavy (non-hydrogen) atoms. The van der Waals surface area contributed by atoms with Crippen molar-refractivity contribution in [3.8, 4) is 5.75 Å². The smallest absolute Gasteiger partial charge is 0.257 e. The molecule has 2 N–H and O–H groups in total. The first-order valence-electron chi connectivity index (χ1n) is 8.61. The molecule has 0 aliphatic carbocycles. The first-order chi connectivity index (χ1) is 12.6. The summed E-state index contributed by atoms with van der Waals surface area (Å²) in [7, 11) is 0. The first-order valence-corrected chi connectivity index (χ1v) is 8.61. The van der Waals surface area contributed by atoms with Gasteiger partial charge >= 0.3 is 0 Å². The third kappa shape index (κ3) is 4.42. The van der Waals surface area contributed by atoms with Crippen molar-refractivity contribution in [1.82, 2.24) is 0 Å². The second-order valence-corrected chi connectivity index (χ2v) is 6.15. The molecule has 4 nitrogen and oxygen atoms in total. The minimum Gasteiger partial charge on any atom is -0.489 e. The zero-order valence-corrected chi connectivity index (χ0v) is 14.9. The summed E-state index contributed by atoms with van der Waals surface area (Å²) >= 11 is 0. The fourth-order valence-corrected chi connectivity index (χ4v) is 2.58. The van der Waals surface area contributed by atoms with E-state index in [2.05, 4.69) is 10.6 Å². The lowest BCUT2D eigenvalue weighted by atomic mass is 10.1. The monoisotopic (exact) mass is 346 g/mol. The van der Waals surface area contributed by atoms with Crippen LogP contribution in [0.3, 0.4) is 0 Å². The van der Waals surface area contributed by atoms with Gasteiger partial charge in [-0.1, -0.05) is 42.5 Å². The van der Waals surface area contributed by atoms with Gasteiger partial charge in [0.15, 0.2) is 0 Å². The Morgan fingerprint density at radius 3 is 2.15 bits per heavy atom. The van der Waals surface area contributed by atoms with Crippen LogP contribution in [0.1, 0.15) is 24.2 Å². The number of rotatable bonds is 6. The second-order valence-electron chi connectivity index (χ2n) is 6.15. The molecule has 3 rings (SSSR count). The predicted molar refractivity (Wildman–Crippen MR) is 106 cm³/mol. The van der Waals surface area contributed by atoms with Crippen LogP contribution in [0.5, 0.6) is 5.75 Å². The molecule has 0 unspecified atom stereocenters. The third-order valence-electron chi connectivity index (χ3n) is 3.72. The number of carbonyl (C=O) groups excluding carboxylic acids is 1. The molecule has 4 heteroatoms. The van der Waals surface area contributed by atoms with Crippen LogP contribution in [0.15, 0.2) is 78.9 Å². The van der Waals surface area contributed by atoms with Crippen molar-refractivity contribution in [2.24, 2.45) is 0 Å². The number of carbonyl (C=O) groups is 1. The molecule has 3 aromatic carbocycles. The molecule has 3 aromatic rings. The molecule has 0 saturated heterocycles. The highest BCUT2D eigenvalue weighted by Gasteiger charge is 2.14. The van der Waals surface area contributed by atoms with E-state index in [1.54, 1.807) is 6.07 Å². The summed E-state index contributed by atoms with van der Waals surface area (Å²) in [6.07, 6.45) is 0.0279. The van der Waals surface area contributed by atoms with Crippen LogP contribution in [0, 0.1) is 0 Å². The first kappa shape index (κ1) is 17.5. The number of nitrogens with one attached hydrogen (secondary N) is 2. The van der Waals surface area contributed by atoms with Gasteiger partial charge in [-0.25, -0.2) is 0 Å². The van der Waals surface area contributed by atoms with Crippen LogP contribution in [0.4, 0.5) is 17.1 Å². The van der Waals surface area contributed by atoms with E-state index in [1.807, 2.05) is 86.6 Å². The zero-order chi connectivity index (χ0) is 18.4. The summed E-state index contributed by atoms with van der Waals surface area (Å²) in [6, 6.07) is 24.7. The van der Waals surface area contributed by atoms with Crippen LogP contribution >= 0.6 is 0 Å². The van der Waals surface area contributed by atoms with Gasteiger partial charge in [0, 0.05) is 5.69 Å². The number of para-hydroxylation sites is 4. The van der Waals surface area contributed by atoms with Crippen molar-refractivity contribution in [2.45, 2.75) is 20.0 Å². The molecule has 1 amide bonds. The maximum atomic E-state index is 12.9. The summed E-state index contributed by atoms with van der Waals surface area (Å²) < 4.78 is 5.78. The Morgan fingerprint density at radius 1 is 0.808 bits per heavy atom. The lowest BCUT2D eigenvalue weighted by Gasteiger charge is -2.16. The van der Waals surface area contributed by atoms with Crippen LogP contribution in [-0.2, 0) is 0 Å². The summed E-state index contributed by atoms with van der Waals surface area (Å²) in [5, 5.41) is 6.25. The van der Waals surface area contributed by atoms with Gasteiger partial charge in [0.1, 0.15) is 5.75 Å². The largest absolute Gasteiger partial charge is 0.489 e. The Bertz CT molecular complexity index is 876. The van der Waals surface area contributed by atoms with Crippen molar-refractivity contribution in [3.05, 3.63) is 84.4 Å². The fourth-order valence-electron chi connectivity index (χ4n) is 2.58. The van der Waals surface area contributed by atoms with E-state index in [9.17, 15) is 4.79 Å². The van der Waals surface area contributed by atoms with Gasteiger partial charge in [-0.15, -0.1) is 0 Å². The maximum absolute atomic E-state index is 12.9. The van der Waals surface area contributed by atoms with Gasteiger partial charge in [-0.2, -0.15) is 0 Å². The molecule has 0 radical (unpaired) electrons. The van der Waals surface area contributed by atoms with Crippen LogP contribution in [0.25, 0.3) is 0 Å². The average molecular weight is 346 g/mol. The zero-order valence-electron chi connectivity index (χ0n) is 14.9. The maximum Gasteiger partial charge on any atom is 0.257 e. The SMILES string of the molecule is CC(C)Oc1ccccc1NC(=O)c1ccccc1Nc1ccccc1. The third-order valence-corrected chi connectivity index (χ3v) is 3.72.